The second-order valence-corrected chi connectivity index (χ2v) is 22.0. The molecule has 0 saturated heterocycles. The predicted molar refractivity (Wildman–Crippen MR) is 251 cm³/mol. The van der Waals surface area contributed by atoms with E-state index in [1.807, 2.05) is 76.0 Å². The van der Waals surface area contributed by atoms with E-state index >= 15 is 0 Å². The fourth-order valence-corrected chi connectivity index (χ4v) is 12.4. The van der Waals surface area contributed by atoms with Gasteiger partial charge in [-0.2, -0.15) is 29.8 Å². The fraction of sp³-hybridized carbons (Fsp3) is 0.289. The molecule has 5 aromatic rings. The van der Waals surface area contributed by atoms with Crippen molar-refractivity contribution in [2.75, 3.05) is 18.0 Å². The molecule has 68 heavy (non-hydrogen) atoms. The van der Waals surface area contributed by atoms with Crippen molar-refractivity contribution in [1.29, 1.82) is 0 Å². The summed E-state index contributed by atoms with van der Waals surface area (Å²) in [5, 5.41) is 33.9. The topological polar surface area (TPSA) is 280 Å². The van der Waals surface area contributed by atoms with Crippen molar-refractivity contribution >= 4 is 87.0 Å². The quantitative estimate of drug-likeness (QED) is 0.00986. The lowest BCUT2D eigenvalue weighted by atomic mass is 9.79. The minimum Gasteiger partial charge on any atom is -0.492 e. The molecular formula is C45H48N3O16S4+. The molecule has 0 saturated carbocycles. The molecule has 0 bridgehead atoms. The Morgan fingerprint density at radius 2 is 1.34 bits per heavy atom. The van der Waals surface area contributed by atoms with Crippen LogP contribution < -0.4 is 9.74 Å². The lowest BCUT2D eigenvalue weighted by molar-refractivity contribution is -0.438. The van der Waals surface area contributed by atoms with Gasteiger partial charge in [0.05, 0.1) is 22.4 Å². The first-order valence-electron chi connectivity index (χ1n) is 20.9. The Kier molecular flexibility index (Phi) is 13.8. The number of unbranched alkanes of at least 4 members (excludes halogenated alkanes) is 2. The Bertz CT molecular complexity index is 3330. The summed E-state index contributed by atoms with van der Waals surface area (Å²) in [4.78, 5) is 17.2. The van der Waals surface area contributed by atoms with Crippen molar-refractivity contribution < 1.29 is 78.0 Å². The summed E-state index contributed by atoms with van der Waals surface area (Å²) in [5.41, 5.74) is 3.03. The third-order valence-electron chi connectivity index (χ3n) is 12.1. The van der Waals surface area contributed by atoms with Crippen LogP contribution in [-0.2, 0) is 55.4 Å². The number of hydrogen-bond donors (Lipinski definition) is 6. The third kappa shape index (κ3) is 9.55. The molecule has 4 aromatic carbocycles. The maximum absolute atomic E-state index is 12.6. The van der Waals surface area contributed by atoms with Gasteiger partial charge in [-0.25, -0.2) is 10.1 Å². The first-order chi connectivity index (χ1) is 31.8. The monoisotopic (exact) mass is 1010 g/mol. The Morgan fingerprint density at radius 3 is 1.97 bits per heavy atom. The number of fused-ring (bicyclic) bond motifs is 6. The van der Waals surface area contributed by atoms with Gasteiger partial charge in [-0.3, -0.25) is 13.7 Å². The van der Waals surface area contributed by atoms with E-state index in [4.69, 9.17) is 10.1 Å². The van der Waals surface area contributed by atoms with Crippen LogP contribution >= 0.6 is 12.0 Å². The van der Waals surface area contributed by atoms with Gasteiger partial charge in [0.1, 0.15) is 21.2 Å². The van der Waals surface area contributed by atoms with Crippen LogP contribution in [0.1, 0.15) is 71.4 Å². The Morgan fingerprint density at radius 1 is 0.735 bits per heavy atom. The Hall–Kier alpha value is -5.60. The summed E-state index contributed by atoms with van der Waals surface area (Å²) < 4.78 is 112. The van der Waals surface area contributed by atoms with Crippen molar-refractivity contribution in [2.24, 2.45) is 0 Å². The summed E-state index contributed by atoms with van der Waals surface area (Å²) in [6.45, 7) is 10.7. The zero-order valence-corrected chi connectivity index (χ0v) is 40.4. The van der Waals surface area contributed by atoms with E-state index < -0.39 is 73.6 Å². The van der Waals surface area contributed by atoms with E-state index in [0.29, 0.717) is 76.2 Å². The molecule has 0 atom stereocenters. The van der Waals surface area contributed by atoms with Gasteiger partial charge in [-0.15, -0.1) is 9.06 Å². The number of allylic oxidation sites excluding steroid dienone is 6. The minimum atomic E-state index is -5.07. The second kappa shape index (κ2) is 18.7. The minimum absolute atomic E-state index is 0.00150. The van der Waals surface area contributed by atoms with Crippen LogP contribution in [0.25, 0.3) is 21.5 Å². The van der Waals surface area contributed by atoms with Crippen molar-refractivity contribution in [3.63, 3.8) is 0 Å². The van der Waals surface area contributed by atoms with Crippen LogP contribution in [0, 0.1) is 0 Å². The Labute approximate surface area is 396 Å². The van der Waals surface area contributed by atoms with E-state index in [2.05, 4.69) is 13.9 Å². The largest absolute Gasteiger partial charge is 0.492 e. The summed E-state index contributed by atoms with van der Waals surface area (Å²) >= 11 is 0.396. The van der Waals surface area contributed by atoms with Crippen molar-refractivity contribution in [3.05, 3.63) is 108 Å². The van der Waals surface area contributed by atoms with Gasteiger partial charge in [0, 0.05) is 66.0 Å². The van der Waals surface area contributed by atoms with Gasteiger partial charge in [0.15, 0.2) is 5.71 Å². The van der Waals surface area contributed by atoms with Gasteiger partial charge in [-0.05, 0) is 103 Å². The molecule has 2 aliphatic rings. The van der Waals surface area contributed by atoms with Gasteiger partial charge in [0.25, 0.3) is 30.4 Å². The average Bonchev–Trinajstić information content (AvgIpc) is 3.78. The number of carbonyl (C=O) groups excluding carboxylic acids is 1. The first-order valence-corrected chi connectivity index (χ1v) is 26.0. The molecule has 19 nitrogen and oxygen atoms in total. The van der Waals surface area contributed by atoms with Crippen LogP contribution in [0.5, 0.6) is 11.8 Å². The van der Waals surface area contributed by atoms with Crippen LogP contribution in [0.2, 0.25) is 0 Å². The van der Waals surface area contributed by atoms with Crippen molar-refractivity contribution in [3.8, 4) is 11.8 Å². The number of carbonyl (C=O) groups is 1. The molecule has 3 heterocycles. The van der Waals surface area contributed by atoms with E-state index in [-0.39, 0.29) is 11.3 Å². The summed E-state index contributed by atoms with van der Waals surface area (Å²) in [7, 11) is -14.9. The number of likely N-dealkylation sites (N-methyl/N-ethyl adjacent to an activating group) is 1. The molecule has 0 radical (unpaired) electrons. The number of nitrogens with zero attached hydrogens (tertiary/aromatic N) is 3. The van der Waals surface area contributed by atoms with Crippen LogP contribution in [-0.4, -0.2) is 88.5 Å². The zero-order chi connectivity index (χ0) is 49.7. The highest BCUT2D eigenvalue weighted by atomic mass is 32.2. The van der Waals surface area contributed by atoms with Crippen molar-refractivity contribution in [1.82, 2.24) is 4.73 Å². The summed E-state index contributed by atoms with van der Waals surface area (Å²) in [6.07, 6.45) is 10.9. The molecule has 0 unspecified atom stereocenters. The standard InChI is InChI=1S/C45H47N3O16S4/c1-6-46-31-18-17-28-24-35(67(56,57)58)36(68(59,60)61)26-30(28)42(31)44(2,3)37(46)13-9-7-10-14-38-45(4,5)43-29-25-34(66(53,54)55)33(65-64-63-52)23-27(29)16-19-32(43)47(38)22-12-8-11-15-41(51)62-48-39(49)20-21-40(48)50/h7,9-10,13-14,16-21,23-26H,6,8,11-12,15,22H2,1-5H3,(H5-,49,50,52,53,54,55,56,57,58,59,60,61)/p+1. The second-order valence-electron chi connectivity index (χ2n) is 17.1. The predicted octanol–water partition coefficient (Wildman–Crippen LogP) is 7.78. The SMILES string of the molecule is CCN1C(=CC=CC=CC2=[N+](CCCCCC(=O)On3c(O)ccc3O)c3ccc4cc(SOOO)c(S(=O)(=O)O)cc4c3C2(C)C)C(C)(C)c2c1ccc1cc(S(=O)(=O)O)c(S(=O)(=O)O)cc21. The maximum Gasteiger partial charge on any atom is 0.333 e. The van der Waals surface area contributed by atoms with Gasteiger partial charge in [0.2, 0.25) is 17.4 Å². The number of hydrogen-bond acceptors (Lipinski definition) is 15. The fourth-order valence-electron chi connectivity index (χ4n) is 9.21. The molecule has 0 amide bonds. The normalized spacial score (nSPS) is 16.5. The Balaban J connectivity index is 1.23. The van der Waals surface area contributed by atoms with E-state index in [9.17, 15) is 53.9 Å². The molecule has 0 spiro atoms. The lowest BCUT2D eigenvalue weighted by Gasteiger charge is -2.26. The van der Waals surface area contributed by atoms with Gasteiger partial charge >= 0.3 is 5.97 Å². The van der Waals surface area contributed by atoms with Crippen LogP contribution in [0.4, 0.5) is 11.4 Å². The molecular weight excluding hydrogens is 967 g/mol. The molecule has 6 N–H and O–H groups in total. The number of rotatable bonds is 17. The molecule has 7 rings (SSSR count). The highest BCUT2D eigenvalue weighted by Gasteiger charge is 2.46. The van der Waals surface area contributed by atoms with Crippen LogP contribution in [0.15, 0.2) is 116 Å². The summed E-state index contributed by atoms with van der Waals surface area (Å²) in [6, 6.07) is 14.4. The number of benzene rings is 4. The van der Waals surface area contributed by atoms with E-state index in [1.165, 1.54) is 24.3 Å². The van der Waals surface area contributed by atoms with Crippen LogP contribution in [0.3, 0.4) is 0 Å². The van der Waals surface area contributed by atoms with E-state index in [0.717, 1.165) is 40.5 Å². The third-order valence-corrected chi connectivity index (χ3v) is 15.7. The average molecular weight is 1020 g/mol. The maximum atomic E-state index is 12.6. The molecule has 23 heteroatoms. The number of aromatic nitrogens is 1. The lowest BCUT2D eigenvalue weighted by Crippen LogP contribution is -2.28. The first kappa shape index (κ1) is 50.3. The summed E-state index contributed by atoms with van der Waals surface area (Å²) in [5.74, 6) is -1.53. The highest BCUT2D eigenvalue weighted by Crippen LogP contribution is 2.52. The zero-order valence-electron chi connectivity index (χ0n) is 37.1. The smallest absolute Gasteiger partial charge is 0.333 e. The van der Waals surface area contributed by atoms with Gasteiger partial charge < -0.3 is 20.0 Å². The number of aromatic hydroxyl groups is 2. The molecule has 2 aliphatic heterocycles. The number of anilines is 1. The molecule has 0 fully saturated rings. The molecule has 362 valence electrons. The van der Waals surface area contributed by atoms with Crippen molar-refractivity contribution in [2.45, 2.75) is 90.7 Å². The molecule has 0 aliphatic carbocycles. The van der Waals surface area contributed by atoms with E-state index in [1.54, 1.807) is 18.2 Å². The highest BCUT2D eigenvalue weighted by molar-refractivity contribution is 7.95. The van der Waals surface area contributed by atoms with Gasteiger partial charge in [-0.1, -0.05) is 43.2 Å². The molecule has 1 aromatic heterocycles.